The van der Waals surface area contributed by atoms with Crippen LogP contribution in [0.25, 0.3) is 0 Å². The lowest BCUT2D eigenvalue weighted by atomic mass is 10.1. The minimum absolute atomic E-state index is 0.0578. The average molecular weight is 326 g/mol. The van der Waals surface area contributed by atoms with Crippen LogP contribution < -0.4 is 5.32 Å². The third-order valence-corrected chi connectivity index (χ3v) is 3.41. The number of halogens is 3. The minimum Gasteiger partial charge on any atom is -0.381 e. The van der Waals surface area contributed by atoms with E-state index in [1.54, 1.807) is 12.1 Å². The fraction of sp³-hybridized carbons (Fsp3) is 0.200. The topological polar surface area (TPSA) is 12.0 Å². The van der Waals surface area contributed by atoms with Crippen LogP contribution in [0.15, 0.2) is 46.9 Å². The van der Waals surface area contributed by atoms with E-state index in [1.807, 2.05) is 25.1 Å². The highest BCUT2D eigenvalue weighted by Gasteiger charge is 2.06. The summed E-state index contributed by atoms with van der Waals surface area (Å²) < 4.78 is 25.9. The molecule has 2 aromatic rings. The lowest BCUT2D eigenvalue weighted by Gasteiger charge is -2.10. The maximum absolute atomic E-state index is 12.4. The van der Waals surface area contributed by atoms with E-state index < -0.39 is 6.43 Å². The zero-order valence-corrected chi connectivity index (χ0v) is 12.0. The fourth-order valence-corrected chi connectivity index (χ4v) is 2.12. The third-order valence-electron chi connectivity index (χ3n) is 2.91. The monoisotopic (exact) mass is 325 g/mol. The first-order chi connectivity index (χ1) is 9.06. The molecule has 0 bridgehead atoms. The standard InChI is InChI=1S/C15H14BrF2N/c1-10-2-7-13(16)8-14(10)19-9-11-3-5-12(6-4-11)15(17)18/h2-8,15,19H,9H2,1H3. The summed E-state index contributed by atoms with van der Waals surface area (Å²) in [7, 11) is 0. The smallest absolute Gasteiger partial charge is 0.263 e. The molecule has 0 heterocycles. The Hall–Kier alpha value is -1.42. The Balaban J connectivity index is 2.04. The number of anilines is 1. The highest BCUT2D eigenvalue weighted by Crippen LogP contribution is 2.22. The maximum atomic E-state index is 12.4. The van der Waals surface area contributed by atoms with Crippen molar-refractivity contribution in [2.45, 2.75) is 19.9 Å². The van der Waals surface area contributed by atoms with Gasteiger partial charge in [0.1, 0.15) is 0 Å². The molecule has 19 heavy (non-hydrogen) atoms. The molecule has 4 heteroatoms. The van der Waals surface area contributed by atoms with Gasteiger partial charge in [-0.3, -0.25) is 0 Å². The maximum Gasteiger partial charge on any atom is 0.263 e. The lowest BCUT2D eigenvalue weighted by Crippen LogP contribution is -2.01. The molecule has 0 aliphatic rings. The van der Waals surface area contributed by atoms with Crippen LogP contribution in [0.2, 0.25) is 0 Å². The first kappa shape index (κ1) is 14.0. The summed E-state index contributed by atoms with van der Waals surface area (Å²) in [5, 5.41) is 3.30. The van der Waals surface area contributed by atoms with E-state index in [4.69, 9.17) is 0 Å². The molecule has 1 N–H and O–H groups in total. The Morgan fingerprint density at radius 2 is 1.79 bits per heavy atom. The summed E-state index contributed by atoms with van der Waals surface area (Å²) in [6.45, 7) is 2.63. The van der Waals surface area contributed by atoms with E-state index in [0.717, 1.165) is 21.3 Å². The van der Waals surface area contributed by atoms with Crippen molar-refractivity contribution in [1.82, 2.24) is 0 Å². The molecule has 0 saturated carbocycles. The first-order valence-electron chi connectivity index (χ1n) is 5.93. The summed E-state index contributed by atoms with van der Waals surface area (Å²) in [4.78, 5) is 0. The first-order valence-corrected chi connectivity index (χ1v) is 6.72. The van der Waals surface area contributed by atoms with E-state index in [1.165, 1.54) is 12.1 Å². The van der Waals surface area contributed by atoms with Gasteiger partial charge in [0, 0.05) is 22.3 Å². The zero-order chi connectivity index (χ0) is 13.8. The van der Waals surface area contributed by atoms with Gasteiger partial charge in [-0.15, -0.1) is 0 Å². The molecule has 0 fully saturated rings. The van der Waals surface area contributed by atoms with Crippen molar-refractivity contribution in [3.63, 3.8) is 0 Å². The van der Waals surface area contributed by atoms with Crippen LogP contribution >= 0.6 is 15.9 Å². The second-order valence-corrected chi connectivity index (χ2v) is 5.27. The van der Waals surface area contributed by atoms with Gasteiger partial charge >= 0.3 is 0 Å². The predicted molar refractivity (Wildman–Crippen MR) is 77.6 cm³/mol. The summed E-state index contributed by atoms with van der Waals surface area (Å²) >= 11 is 3.42. The van der Waals surface area contributed by atoms with Crippen molar-refractivity contribution in [1.29, 1.82) is 0 Å². The summed E-state index contributed by atoms with van der Waals surface area (Å²) in [6, 6.07) is 12.4. The zero-order valence-electron chi connectivity index (χ0n) is 10.5. The quantitative estimate of drug-likeness (QED) is 0.803. The van der Waals surface area contributed by atoms with Crippen molar-refractivity contribution in [2.24, 2.45) is 0 Å². The highest BCUT2D eigenvalue weighted by molar-refractivity contribution is 9.10. The van der Waals surface area contributed by atoms with E-state index in [2.05, 4.69) is 21.2 Å². The van der Waals surface area contributed by atoms with Crippen LogP contribution in [0.5, 0.6) is 0 Å². The summed E-state index contributed by atoms with van der Waals surface area (Å²) in [5.41, 5.74) is 3.21. The SMILES string of the molecule is Cc1ccc(Br)cc1NCc1ccc(C(F)F)cc1. The predicted octanol–water partition coefficient (Wildman–Crippen LogP) is 5.31. The van der Waals surface area contributed by atoms with Gasteiger partial charge in [0.15, 0.2) is 0 Å². The van der Waals surface area contributed by atoms with E-state index in [-0.39, 0.29) is 5.56 Å². The Morgan fingerprint density at radius 1 is 1.11 bits per heavy atom. The number of hydrogen-bond acceptors (Lipinski definition) is 1. The Morgan fingerprint density at radius 3 is 2.42 bits per heavy atom. The average Bonchev–Trinajstić information content (AvgIpc) is 2.40. The highest BCUT2D eigenvalue weighted by atomic mass is 79.9. The van der Waals surface area contributed by atoms with E-state index in [9.17, 15) is 8.78 Å². The van der Waals surface area contributed by atoms with Crippen LogP contribution in [0, 0.1) is 6.92 Å². The van der Waals surface area contributed by atoms with E-state index >= 15 is 0 Å². The molecule has 2 rings (SSSR count). The van der Waals surface area contributed by atoms with Gasteiger partial charge in [-0.1, -0.05) is 46.3 Å². The largest absolute Gasteiger partial charge is 0.381 e. The minimum atomic E-state index is -2.41. The molecule has 0 aliphatic carbocycles. The molecule has 0 saturated heterocycles. The number of alkyl halides is 2. The fourth-order valence-electron chi connectivity index (χ4n) is 1.76. The third kappa shape index (κ3) is 3.77. The number of aryl methyl sites for hydroxylation is 1. The normalized spacial score (nSPS) is 10.8. The van der Waals surface area contributed by atoms with Gasteiger partial charge < -0.3 is 5.32 Å². The Bertz CT molecular complexity index is 553. The van der Waals surface area contributed by atoms with Gasteiger partial charge in [-0.2, -0.15) is 0 Å². The molecule has 100 valence electrons. The molecule has 0 radical (unpaired) electrons. The van der Waals surface area contributed by atoms with Crippen LogP contribution in [-0.2, 0) is 6.54 Å². The van der Waals surface area contributed by atoms with Gasteiger partial charge in [0.2, 0.25) is 0 Å². The molecular weight excluding hydrogens is 312 g/mol. The van der Waals surface area contributed by atoms with Crippen molar-refractivity contribution >= 4 is 21.6 Å². The number of hydrogen-bond donors (Lipinski definition) is 1. The Labute approximate surface area is 119 Å². The van der Waals surface area contributed by atoms with Crippen molar-refractivity contribution in [3.8, 4) is 0 Å². The number of rotatable bonds is 4. The van der Waals surface area contributed by atoms with Crippen LogP contribution in [0.3, 0.4) is 0 Å². The second-order valence-electron chi connectivity index (χ2n) is 4.36. The molecule has 0 amide bonds. The number of benzene rings is 2. The van der Waals surface area contributed by atoms with Crippen LogP contribution in [0.1, 0.15) is 23.1 Å². The van der Waals surface area contributed by atoms with Gasteiger partial charge in [0.05, 0.1) is 0 Å². The molecule has 0 aliphatic heterocycles. The van der Waals surface area contributed by atoms with Crippen molar-refractivity contribution in [3.05, 3.63) is 63.6 Å². The molecular formula is C15H14BrF2N. The van der Waals surface area contributed by atoms with Crippen molar-refractivity contribution in [2.75, 3.05) is 5.32 Å². The molecule has 0 spiro atoms. The van der Waals surface area contributed by atoms with Gasteiger partial charge in [-0.05, 0) is 30.2 Å². The number of nitrogens with one attached hydrogen (secondary N) is 1. The van der Waals surface area contributed by atoms with Crippen LogP contribution in [0.4, 0.5) is 14.5 Å². The molecule has 0 atom stereocenters. The Kier molecular flexibility index (Phi) is 4.53. The lowest BCUT2D eigenvalue weighted by molar-refractivity contribution is 0.151. The van der Waals surface area contributed by atoms with Crippen LogP contribution in [-0.4, -0.2) is 0 Å². The second kappa shape index (κ2) is 6.15. The summed E-state index contributed by atoms with van der Waals surface area (Å²) in [5.74, 6) is 0. The molecule has 0 aromatic heterocycles. The molecule has 1 nitrogen and oxygen atoms in total. The summed E-state index contributed by atoms with van der Waals surface area (Å²) in [6.07, 6.45) is -2.41. The van der Waals surface area contributed by atoms with Crippen molar-refractivity contribution < 1.29 is 8.78 Å². The van der Waals surface area contributed by atoms with Gasteiger partial charge in [-0.25, -0.2) is 8.78 Å². The van der Waals surface area contributed by atoms with Gasteiger partial charge in [0.25, 0.3) is 6.43 Å². The molecule has 0 unspecified atom stereocenters. The van der Waals surface area contributed by atoms with E-state index in [0.29, 0.717) is 6.54 Å². The molecule has 2 aromatic carbocycles.